The third-order valence-electron chi connectivity index (χ3n) is 3.23. The van der Waals surface area contributed by atoms with E-state index in [4.69, 9.17) is 4.74 Å². The Morgan fingerprint density at radius 3 is 2.17 bits per heavy atom. The quantitative estimate of drug-likeness (QED) is 0.145. The molecule has 0 aliphatic carbocycles. The Bertz CT molecular complexity index is 920. The van der Waals surface area contributed by atoms with Crippen molar-refractivity contribution < 1.29 is 59.1 Å². The molecule has 0 bridgehead atoms. The van der Waals surface area contributed by atoms with Gasteiger partial charge in [-0.25, -0.2) is 13.2 Å². The Kier molecular flexibility index (Phi) is 9.07. The minimum atomic E-state index is -6.78. The maximum atomic E-state index is 13.2. The number of benzene rings is 1. The molecule has 1 aromatic rings. The SMILES string of the molecule is O=C(CCCOC(=O)c1c(I)ccc(I)c1O)OC(C(F)(F)F)C(F)(F)S(=O)(=O)[O-]. The van der Waals surface area contributed by atoms with E-state index in [0.29, 0.717) is 7.14 Å². The van der Waals surface area contributed by atoms with Crippen LogP contribution in [0.3, 0.4) is 0 Å². The van der Waals surface area contributed by atoms with Gasteiger partial charge >= 0.3 is 23.4 Å². The van der Waals surface area contributed by atoms with Gasteiger partial charge in [-0.2, -0.15) is 22.0 Å². The fourth-order valence-electron chi connectivity index (χ4n) is 1.84. The summed E-state index contributed by atoms with van der Waals surface area (Å²) < 4.78 is 104. The molecule has 0 aromatic heterocycles. The first-order valence-electron chi connectivity index (χ1n) is 7.43. The highest BCUT2D eigenvalue weighted by atomic mass is 127. The second-order valence-electron chi connectivity index (χ2n) is 5.42. The number of carbonyl (C=O) groups is 2. The fourth-order valence-corrected chi connectivity index (χ4v) is 3.39. The third-order valence-corrected chi connectivity index (χ3v) is 5.88. The molecule has 170 valence electrons. The van der Waals surface area contributed by atoms with Gasteiger partial charge in [-0.3, -0.25) is 4.79 Å². The molecule has 1 N–H and O–H groups in total. The number of hydrogen-bond donors (Lipinski definition) is 1. The number of hydrogen-bond acceptors (Lipinski definition) is 8. The first-order valence-corrected chi connectivity index (χ1v) is 11.0. The van der Waals surface area contributed by atoms with Gasteiger partial charge in [-0.1, -0.05) is 0 Å². The Morgan fingerprint density at radius 1 is 1.13 bits per heavy atom. The minimum Gasteiger partial charge on any atom is -0.743 e. The van der Waals surface area contributed by atoms with Crippen LogP contribution < -0.4 is 0 Å². The molecule has 0 aliphatic rings. The smallest absolute Gasteiger partial charge is 0.432 e. The van der Waals surface area contributed by atoms with Gasteiger partial charge in [-0.05, 0) is 63.7 Å². The van der Waals surface area contributed by atoms with E-state index in [1.807, 2.05) is 0 Å². The van der Waals surface area contributed by atoms with Gasteiger partial charge in [0.15, 0.2) is 10.1 Å². The average Bonchev–Trinajstić information content (AvgIpc) is 2.58. The maximum absolute atomic E-state index is 13.2. The number of ether oxygens (including phenoxy) is 2. The molecular weight excluding hydrogens is 677 g/mol. The van der Waals surface area contributed by atoms with Gasteiger partial charge < -0.3 is 19.1 Å². The monoisotopic (exact) mass is 687 g/mol. The van der Waals surface area contributed by atoms with E-state index in [0.717, 1.165) is 0 Å². The molecule has 0 heterocycles. The summed E-state index contributed by atoms with van der Waals surface area (Å²) in [5.74, 6) is -3.29. The molecule has 1 rings (SSSR count). The van der Waals surface area contributed by atoms with Gasteiger partial charge in [0.2, 0.25) is 0 Å². The Balaban J connectivity index is 2.71. The van der Waals surface area contributed by atoms with Crippen molar-refractivity contribution in [3.63, 3.8) is 0 Å². The van der Waals surface area contributed by atoms with Gasteiger partial charge in [-0.15, -0.1) is 0 Å². The summed E-state index contributed by atoms with van der Waals surface area (Å²) in [5.41, 5.74) is -0.192. The van der Waals surface area contributed by atoms with Crippen molar-refractivity contribution in [3.05, 3.63) is 24.8 Å². The summed E-state index contributed by atoms with van der Waals surface area (Å²) in [6.45, 7) is -0.568. The van der Waals surface area contributed by atoms with Gasteiger partial charge in [0.25, 0.3) is 6.10 Å². The molecule has 0 spiro atoms. The van der Waals surface area contributed by atoms with Crippen LogP contribution in [0, 0.1) is 7.14 Å². The van der Waals surface area contributed by atoms with Crippen LogP contribution in [0.1, 0.15) is 23.2 Å². The summed E-state index contributed by atoms with van der Waals surface area (Å²) in [7, 11) is -6.78. The lowest BCUT2D eigenvalue weighted by molar-refractivity contribution is -0.259. The van der Waals surface area contributed by atoms with Crippen LogP contribution >= 0.6 is 45.2 Å². The predicted molar refractivity (Wildman–Crippen MR) is 104 cm³/mol. The molecule has 0 amide bonds. The lowest BCUT2D eigenvalue weighted by Crippen LogP contribution is -2.52. The number of phenols is 1. The highest BCUT2D eigenvalue weighted by molar-refractivity contribution is 14.1. The van der Waals surface area contributed by atoms with Crippen molar-refractivity contribution in [3.8, 4) is 5.75 Å². The van der Waals surface area contributed by atoms with Gasteiger partial charge in [0.05, 0.1) is 10.2 Å². The standard InChI is InChI=1S/C14H11F5I2O8S/c15-13(16,17)12(14(18,19)30(25,26)27)29-8(22)2-1-5-28-11(24)9-6(20)3-4-7(21)10(9)23/h3-4,12,23H,1-2,5H2,(H,25,26,27)/p-1. The van der Waals surface area contributed by atoms with Crippen LogP contribution in [-0.4, -0.2) is 54.2 Å². The van der Waals surface area contributed by atoms with Crippen molar-refractivity contribution in [1.82, 2.24) is 0 Å². The molecule has 0 fully saturated rings. The maximum Gasteiger partial charge on any atom is 0.432 e. The van der Waals surface area contributed by atoms with Crippen LogP contribution in [0.15, 0.2) is 12.1 Å². The number of aromatic hydroxyl groups is 1. The van der Waals surface area contributed by atoms with E-state index in [1.165, 1.54) is 12.1 Å². The van der Waals surface area contributed by atoms with Crippen molar-refractivity contribution in [2.75, 3.05) is 6.61 Å². The van der Waals surface area contributed by atoms with Crippen molar-refractivity contribution in [2.24, 2.45) is 0 Å². The second kappa shape index (κ2) is 10.1. The van der Waals surface area contributed by atoms with Crippen molar-refractivity contribution >= 4 is 67.2 Å². The zero-order chi connectivity index (χ0) is 23.5. The zero-order valence-electron chi connectivity index (χ0n) is 14.2. The molecule has 1 unspecified atom stereocenters. The number of phenolic OH excluding ortho intramolecular Hbond substituents is 1. The molecule has 0 aliphatic heterocycles. The number of alkyl halides is 5. The van der Waals surface area contributed by atoms with E-state index in [1.54, 1.807) is 45.2 Å². The van der Waals surface area contributed by atoms with Gasteiger partial charge in [0, 0.05) is 9.99 Å². The molecule has 0 saturated heterocycles. The largest absolute Gasteiger partial charge is 0.743 e. The fraction of sp³-hybridized carbons (Fsp3) is 0.429. The molecule has 8 nitrogen and oxygen atoms in total. The van der Waals surface area contributed by atoms with Crippen LogP contribution in [0.2, 0.25) is 0 Å². The summed E-state index contributed by atoms with van der Waals surface area (Å²) in [5, 5.41) is 3.93. The molecule has 16 heteroatoms. The Morgan fingerprint density at radius 2 is 1.67 bits per heavy atom. The zero-order valence-corrected chi connectivity index (χ0v) is 19.3. The summed E-state index contributed by atoms with van der Waals surface area (Å²) in [6, 6.07) is 3.01. The number of halogens is 7. The highest BCUT2D eigenvalue weighted by Gasteiger charge is 2.62. The summed E-state index contributed by atoms with van der Waals surface area (Å²) in [6.07, 6.45) is -12.0. The Hall–Kier alpha value is -1.02. The average molecular weight is 687 g/mol. The normalized spacial score (nSPS) is 13.6. The lowest BCUT2D eigenvalue weighted by Gasteiger charge is -2.29. The van der Waals surface area contributed by atoms with E-state index >= 15 is 0 Å². The van der Waals surface area contributed by atoms with E-state index < -0.39 is 59.0 Å². The third kappa shape index (κ3) is 6.74. The number of rotatable bonds is 8. The second-order valence-corrected chi connectivity index (χ2v) is 9.20. The summed E-state index contributed by atoms with van der Waals surface area (Å²) in [4.78, 5) is 23.4. The van der Waals surface area contributed by atoms with Crippen molar-refractivity contribution in [1.29, 1.82) is 0 Å². The molecule has 1 atom stereocenters. The number of carbonyl (C=O) groups excluding carboxylic acids is 2. The van der Waals surface area contributed by atoms with Crippen LogP contribution in [0.25, 0.3) is 0 Å². The predicted octanol–water partition coefficient (Wildman–Crippen LogP) is 3.15. The minimum absolute atomic E-state index is 0.192. The first kappa shape index (κ1) is 27.0. The topological polar surface area (TPSA) is 130 Å². The highest BCUT2D eigenvalue weighted by Crippen LogP contribution is 2.38. The first-order chi connectivity index (χ1) is 13.5. The van der Waals surface area contributed by atoms with Crippen LogP contribution in [-0.2, 0) is 24.4 Å². The van der Waals surface area contributed by atoms with E-state index in [9.17, 15) is 49.6 Å². The molecule has 1 aromatic carbocycles. The van der Waals surface area contributed by atoms with Gasteiger partial charge in [0.1, 0.15) is 11.3 Å². The Labute approximate surface area is 193 Å². The van der Waals surface area contributed by atoms with Crippen LogP contribution in [0.4, 0.5) is 22.0 Å². The summed E-state index contributed by atoms with van der Waals surface area (Å²) >= 11 is 3.48. The molecule has 30 heavy (non-hydrogen) atoms. The number of esters is 2. The van der Waals surface area contributed by atoms with E-state index in [2.05, 4.69) is 4.74 Å². The van der Waals surface area contributed by atoms with Crippen LogP contribution in [0.5, 0.6) is 5.75 Å². The molecule has 0 radical (unpaired) electrons. The lowest BCUT2D eigenvalue weighted by atomic mass is 10.2. The molecular formula is C14H10F5I2O8S-. The van der Waals surface area contributed by atoms with E-state index in [-0.39, 0.29) is 11.3 Å². The molecule has 0 saturated carbocycles. The van der Waals surface area contributed by atoms with Crippen molar-refractivity contribution in [2.45, 2.75) is 30.4 Å².